The molecule has 2 heterocycles. The van der Waals surface area contributed by atoms with Crippen molar-refractivity contribution >= 4 is 26.9 Å². The molecule has 4 rings (SSSR count). The van der Waals surface area contributed by atoms with Crippen LogP contribution in [0.2, 0.25) is 0 Å². The van der Waals surface area contributed by atoms with Gasteiger partial charge in [-0.15, -0.1) is 0 Å². The van der Waals surface area contributed by atoms with Crippen LogP contribution in [0.4, 0.5) is 5.82 Å². The summed E-state index contributed by atoms with van der Waals surface area (Å²) >= 11 is 0. The monoisotopic (exact) mass is 387 g/mol. The van der Waals surface area contributed by atoms with Crippen molar-refractivity contribution in [2.75, 3.05) is 5.73 Å². The number of aliphatic hydroxyl groups is 1. The van der Waals surface area contributed by atoms with Crippen molar-refractivity contribution < 1.29 is 13.5 Å². The molecular formula is C18H21N5O3S. The molecule has 0 aliphatic heterocycles. The van der Waals surface area contributed by atoms with Gasteiger partial charge in [0.15, 0.2) is 5.82 Å². The molecule has 142 valence electrons. The molecule has 0 unspecified atom stereocenters. The van der Waals surface area contributed by atoms with Crippen LogP contribution in [0.1, 0.15) is 24.8 Å². The molecule has 2 atom stereocenters. The number of aliphatic hydroxyl groups excluding tert-OH is 1. The second kappa shape index (κ2) is 6.59. The fourth-order valence-corrected chi connectivity index (χ4v) is 4.88. The standard InChI is InChI=1S/C18H21N5O3S/c1-10-8-13(27(25,26)23-11-2-3-12(24)9-11)4-5-14(10)15-6-7-16-17(20-15)18(19)22-21-16/h4-8,11-12,23-24H,2-3,9H2,1H3,(H3,19,21,22)/t11-,12+/m1/s1. The van der Waals surface area contributed by atoms with Crippen molar-refractivity contribution in [1.82, 2.24) is 19.9 Å². The molecule has 1 aromatic carbocycles. The molecular weight excluding hydrogens is 366 g/mol. The van der Waals surface area contributed by atoms with E-state index in [1.807, 2.05) is 19.1 Å². The molecule has 5 N–H and O–H groups in total. The average Bonchev–Trinajstić information content (AvgIpc) is 3.20. The molecule has 0 bridgehead atoms. The van der Waals surface area contributed by atoms with Crippen LogP contribution >= 0.6 is 0 Å². The predicted molar refractivity (Wildman–Crippen MR) is 102 cm³/mol. The number of nitrogens with two attached hydrogens (primary N) is 1. The molecule has 9 heteroatoms. The maximum Gasteiger partial charge on any atom is 0.240 e. The van der Waals surface area contributed by atoms with Crippen LogP contribution in [0.15, 0.2) is 35.2 Å². The summed E-state index contributed by atoms with van der Waals surface area (Å²) in [6.07, 6.45) is 1.29. The van der Waals surface area contributed by atoms with E-state index in [0.29, 0.717) is 36.3 Å². The van der Waals surface area contributed by atoms with Crippen LogP contribution in [-0.2, 0) is 10.0 Å². The van der Waals surface area contributed by atoms with Gasteiger partial charge < -0.3 is 10.8 Å². The fourth-order valence-electron chi connectivity index (χ4n) is 3.51. The number of aryl methyl sites for hydroxylation is 1. The number of rotatable bonds is 4. The Hall–Kier alpha value is -2.49. The lowest BCUT2D eigenvalue weighted by Gasteiger charge is -2.14. The first-order valence-electron chi connectivity index (χ1n) is 8.75. The molecule has 0 spiro atoms. The van der Waals surface area contributed by atoms with Crippen LogP contribution < -0.4 is 10.5 Å². The highest BCUT2D eigenvalue weighted by Gasteiger charge is 2.27. The minimum atomic E-state index is -3.64. The van der Waals surface area contributed by atoms with Crippen LogP contribution in [0.3, 0.4) is 0 Å². The SMILES string of the molecule is Cc1cc(S(=O)(=O)N[C@@H]2CC[C@H](O)C2)ccc1-c1ccc2[nH]nc(N)c2n1. The summed E-state index contributed by atoms with van der Waals surface area (Å²) in [5.74, 6) is 0.326. The first kappa shape index (κ1) is 17.9. The molecule has 3 aromatic rings. The van der Waals surface area contributed by atoms with E-state index in [9.17, 15) is 13.5 Å². The minimum absolute atomic E-state index is 0.203. The highest BCUT2D eigenvalue weighted by molar-refractivity contribution is 7.89. The van der Waals surface area contributed by atoms with Crippen molar-refractivity contribution in [1.29, 1.82) is 0 Å². The van der Waals surface area contributed by atoms with Crippen molar-refractivity contribution in [2.24, 2.45) is 0 Å². The first-order chi connectivity index (χ1) is 12.8. The summed E-state index contributed by atoms with van der Waals surface area (Å²) in [5.41, 5.74) is 9.47. The molecule has 2 aromatic heterocycles. The van der Waals surface area contributed by atoms with E-state index in [4.69, 9.17) is 5.73 Å². The van der Waals surface area contributed by atoms with E-state index in [1.54, 1.807) is 18.2 Å². The van der Waals surface area contributed by atoms with Gasteiger partial charge in [-0.2, -0.15) is 5.10 Å². The molecule has 0 radical (unpaired) electrons. The molecule has 1 aliphatic rings. The van der Waals surface area contributed by atoms with Gasteiger partial charge in [0, 0.05) is 11.6 Å². The number of anilines is 1. The van der Waals surface area contributed by atoms with E-state index >= 15 is 0 Å². The number of nitrogens with one attached hydrogen (secondary N) is 2. The van der Waals surface area contributed by atoms with Crippen molar-refractivity contribution in [3.05, 3.63) is 35.9 Å². The van der Waals surface area contributed by atoms with Gasteiger partial charge in [0.05, 0.1) is 22.2 Å². The molecule has 1 fully saturated rings. The zero-order valence-corrected chi connectivity index (χ0v) is 15.6. The summed E-state index contributed by atoms with van der Waals surface area (Å²) in [5, 5.41) is 16.3. The maximum absolute atomic E-state index is 12.6. The number of aromatic nitrogens is 3. The number of sulfonamides is 1. The van der Waals surface area contributed by atoms with Crippen LogP contribution in [0.5, 0.6) is 0 Å². The Morgan fingerprint density at radius 3 is 2.78 bits per heavy atom. The molecule has 0 saturated heterocycles. The number of hydrogen-bond acceptors (Lipinski definition) is 6. The van der Waals surface area contributed by atoms with Gasteiger partial charge in [0.1, 0.15) is 5.52 Å². The topological polar surface area (TPSA) is 134 Å². The lowest BCUT2D eigenvalue weighted by Crippen LogP contribution is -2.33. The quantitative estimate of drug-likeness (QED) is 0.538. The Balaban J connectivity index is 1.64. The van der Waals surface area contributed by atoms with E-state index in [2.05, 4.69) is 19.9 Å². The number of fused-ring (bicyclic) bond motifs is 1. The number of pyridine rings is 1. The van der Waals surface area contributed by atoms with E-state index in [0.717, 1.165) is 16.6 Å². The zero-order chi connectivity index (χ0) is 19.2. The van der Waals surface area contributed by atoms with Gasteiger partial charge in [-0.05, 0) is 56.0 Å². The third-order valence-corrected chi connectivity index (χ3v) is 6.46. The Morgan fingerprint density at radius 2 is 2.07 bits per heavy atom. The van der Waals surface area contributed by atoms with Gasteiger partial charge in [-0.3, -0.25) is 5.10 Å². The average molecular weight is 387 g/mol. The number of aromatic amines is 1. The Labute approximate surface area is 156 Å². The van der Waals surface area contributed by atoms with E-state index in [1.165, 1.54) is 0 Å². The third-order valence-electron chi connectivity index (χ3n) is 4.95. The second-order valence-electron chi connectivity index (χ2n) is 6.96. The van der Waals surface area contributed by atoms with Crippen molar-refractivity contribution in [3.63, 3.8) is 0 Å². The summed E-state index contributed by atoms with van der Waals surface area (Å²) in [6.45, 7) is 1.85. The number of hydrogen-bond donors (Lipinski definition) is 4. The predicted octanol–water partition coefficient (Wildman–Crippen LogP) is 1.71. The smallest absolute Gasteiger partial charge is 0.240 e. The highest BCUT2D eigenvalue weighted by atomic mass is 32.2. The van der Waals surface area contributed by atoms with Crippen molar-refractivity contribution in [2.45, 2.75) is 43.2 Å². The van der Waals surface area contributed by atoms with Crippen LogP contribution in [0, 0.1) is 6.92 Å². The van der Waals surface area contributed by atoms with Gasteiger partial charge >= 0.3 is 0 Å². The first-order valence-corrected chi connectivity index (χ1v) is 10.2. The van der Waals surface area contributed by atoms with E-state index < -0.39 is 16.1 Å². The van der Waals surface area contributed by atoms with Crippen molar-refractivity contribution in [3.8, 4) is 11.3 Å². The minimum Gasteiger partial charge on any atom is -0.393 e. The maximum atomic E-state index is 12.6. The van der Waals surface area contributed by atoms with Gasteiger partial charge in [0.25, 0.3) is 0 Å². The fraction of sp³-hybridized carbons (Fsp3) is 0.333. The number of nitrogens with zero attached hydrogens (tertiary/aromatic N) is 2. The Morgan fingerprint density at radius 1 is 1.26 bits per heavy atom. The number of H-pyrrole nitrogens is 1. The van der Waals surface area contributed by atoms with E-state index in [-0.39, 0.29) is 10.9 Å². The normalized spacial score (nSPS) is 20.4. The lowest BCUT2D eigenvalue weighted by molar-refractivity contribution is 0.181. The number of nitrogen functional groups attached to an aromatic ring is 1. The zero-order valence-electron chi connectivity index (χ0n) is 14.8. The highest BCUT2D eigenvalue weighted by Crippen LogP contribution is 2.28. The Bertz CT molecular complexity index is 1110. The molecule has 1 saturated carbocycles. The summed E-state index contributed by atoms with van der Waals surface area (Å²) < 4.78 is 28.0. The molecule has 1 aliphatic carbocycles. The summed E-state index contributed by atoms with van der Waals surface area (Å²) in [4.78, 5) is 4.74. The summed E-state index contributed by atoms with van der Waals surface area (Å²) in [6, 6.07) is 8.41. The van der Waals surface area contributed by atoms with Crippen LogP contribution in [-0.4, -0.2) is 40.9 Å². The largest absolute Gasteiger partial charge is 0.393 e. The third kappa shape index (κ3) is 3.41. The van der Waals surface area contributed by atoms with Crippen LogP contribution in [0.25, 0.3) is 22.3 Å². The second-order valence-corrected chi connectivity index (χ2v) is 8.68. The van der Waals surface area contributed by atoms with Gasteiger partial charge in [-0.1, -0.05) is 6.07 Å². The lowest BCUT2D eigenvalue weighted by atomic mass is 10.1. The molecule has 27 heavy (non-hydrogen) atoms. The summed E-state index contributed by atoms with van der Waals surface area (Å²) in [7, 11) is -3.64. The Kier molecular flexibility index (Phi) is 4.37. The van der Waals surface area contributed by atoms with Gasteiger partial charge in [-0.25, -0.2) is 18.1 Å². The molecule has 8 nitrogen and oxygen atoms in total. The van der Waals surface area contributed by atoms with Gasteiger partial charge in [0.2, 0.25) is 10.0 Å². The number of benzene rings is 1. The molecule has 0 amide bonds.